The minimum Gasteiger partial charge on any atom is -0.493 e. The van der Waals surface area contributed by atoms with Gasteiger partial charge in [-0.05, 0) is 49.7 Å². The van der Waals surface area contributed by atoms with Gasteiger partial charge in [0.15, 0.2) is 29.3 Å². The number of carbonyl (C=O) groups excluding carboxylic acids is 1. The van der Waals surface area contributed by atoms with Crippen molar-refractivity contribution in [3.8, 4) is 11.5 Å². The second-order valence-electron chi connectivity index (χ2n) is 7.66. The highest BCUT2D eigenvalue weighted by molar-refractivity contribution is 5.94. The fraction of sp³-hybridized carbons (Fsp3) is 0.391. The number of Topliss-reactive ketones (excluding diaryl/α,β-unsaturated/α-hetero) is 1. The lowest BCUT2D eigenvalue weighted by Crippen LogP contribution is -2.52. The van der Waals surface area contributed by atoms with Gasteiger partial charge >= 0.3 is 0 Å². The predicted molar refractivity (Wildman–Crippen MR) is 118 cm³/mol. The van der Waals surface area contributed by atoms with Crippen LogP contribution in [-0.2, 0) is 0 Å². The number of piperazine rings is 1. The van der Waals surface area contributed by atoms with Crippen molar-refractivity contribution in [2.24, 2.45) is 0 Å². The molecule has 164 valence electrons. The van der Waals surface area contributed by atoms with Gasteiger partial charge in [0.2, 0.25) is 0 Å². The largest absolute Gasteiger partial charge is 0.493 e. The van der Waals surface area contributed by atoms with Crippen LogP contribution in [0.15, 0.2) is 36.4 Å². The number of nitrogens with zero attached hydrogens (tertiary/aromatic N) is 3. The van der Waals surface area contributed by atoms with Crippen LogP contribution in [0.5, 0.6) is 11.5 Å². The topological polar surface area (TPSA) is 70.7 Å². The van der Waals surface area contributed by atoms with Crippen molar-refractivity contribution in [1.29, 1.82) is 0 Å². The normalized spacial score (nSPS) is 15.8. The number of methoxy groups -OCH3 is 1. The number of hydrogen-bond donors (Lipinski definition) is 1. The van der Waals surface area contributed by atoms with E-state index in [9.17, 15) is 9.18 Å². The Labute approximate surface area is 180 Å². The maximum Gasteiger partial charge on any atom is 0.163 e. The molecule has 4 rings (SSSR count). The van der Waals surface area contributed by atoms with Crippen LogP contribution in [0.25, 0.3) is 10.9 Å². The lowest BCUT2D eigenvalue weighted by molar-refractivity contribution is 0.0167. The van der Waals surface area contributed by atoms with E-state index in [2.05, 4.69) is 26.9 Å². The van der Waals surface area contributed by atoms with Gasteiger partial charge in [-0.2, -0.15) is 5.10 Å². The monoisotopic (exact) mass is 426 g/mol. The Bertz CT molecular complexity index is 1080. The number of anilines is 1. The number of carbonyl (C=O) groups is 1. The quantitative estimate of drug-likeness (QED) is 0.579. The summed E-state index contributed by atoms with van der Waals surface area (Å²) in [5.74, 6) is 1.75. The zero-order valence-corrected chi connectivity index (χ0v) is 18.0. The molecule has 1 unspecified atom stereocenters. The number of H-pyrrole nitrogens is 1. The van der Waals surface area contributed by atoms with Gasteiger partial charge in [-0.25, -0.2) is 4.39 Å². The average molecular weight is 426 g/mol. The van der Waals surface area contributed by atoms with Gasteiger partial charge in [-0.1, -0.05) is 6.92 Å². The first kappa shape index (κ1) is 21.1. The highest BCUT2D eigenvalue weighted by atomic mass is 19.1. The minimum absolute atomic E-state index is 0.0124. The molecular formula is C23H27FN4O3. The molecule has 2 aromatic carbocycles. The number of nitrogens with one attached hydrogen (secondary N) is 1. The van der Waals surface area contributed by atoms with E-state index in [0.717, 1.165) is 43.8 Å². The first-order valence-corrected chi connectivity index (χ1v) is 10.5. The van der Waals surface area contributed by atoms with Gasteiger partial charge in [0.05, 0.1) is 12.6 Å². The first-order valence-electron chi connectivity index (χ1n) is 10.5. The van der Waals surface area contributed by atoms with E-state index in [1.54, 1.807) is 31.4 Å². The molecule has 3 aromatic rings. The van der Waals surface area contributed by atoms with Crippen molar-refractivity contribution in [3.05, 3.63) is 47.8 Å². The van der Waals surface area contributed by atoms with E-state index < -0.39 is 0 Å². The molecule has 1 aromatic heterocycles. The molecule has 8 heteroatoms. The van der Waals surface area contributed by atoms with Crippen molar-refractivity contribution < 1.29 is 18.7 Å². The van der Waals surface area contributed by atoms with Crippen LogP contribution >= 0.6 is 0 Å². The van der Waals surface area contributed by atoms with E-state index in [4.69, 9.17) is 9.47 Å². The first-order chi connectivity index (χ1) is 15.0. The molecule has 1 aliphatic rings. The van der Waals surface area contributed by atoms with E-state index in [1.165, 1.54) is 19.1 Å². The Morgan fingerprint density at radius 1 is 1.16 bits per heavy atom. The molecule has 1 aliphatic heterocycles. The number of ether oxygens (including phenoxy) is 2. The van der Waals surface area contributed by atoms with E-state index in [0.29, 0.717) is 22.6 Å². The van der Waals surface area contributed by atoms with Crippen LogP contribution in [0.3, 0.4) is 0 Å². The lowest BCUT2D eigenvalue weighted by Gasteiger charge is -2.39. The molecule has 31 heavy (non-hydrogen) atoms. The van der Waals surface area contributed by atoms with E-state index >= 15 is 0 Å². The Morgan fingerprint density at radius 3 is 2.61 bits per heavy atom. The molecule has 0 saturated carbocycles. The summed E-state index contributed by atoms with van der Waals surface area (Å²) in [5.41, 5.74) is 1.30. The molecule has 0 spiro atoms. The predicted octanol–water partition coefficient (Wildman–Crippen LogP) is 3.85. The minimum atomic E-state index is -0.276. The van der Waals surface area contributed by atoms with Gasteiger partial charge in [0, 0.05) is 37.1 Å². The van der Waals surface area contributed by atoms with Gasteiger partial charge in [-0.15, -0.1) is 0 Å². The van der Waals surface area contributed by atoms with Crippen molar-refractivity contribution in [2.45, 2.75) is 26.5 Å². The maximum absolute atomic E-state index is 13.5. The highest BCUT2D eigenvalue weighted by Gasteiger charge is 2.27. The second kappa shape index (κ2) is 8.93. The molecule has 0 bridgehead atoms. The number of aromatic amines is 1. The molecule has 1 fully saturated rings. The lowest BCUT2D eigenvalue weighted by atomic mass is 10.1. The zero-order valence-electron chi connectivity index (χ0n) is 18.0. The van der Waals surface area contributed by atoms with Crippen molar-refractivity contribution in [1.82, 2.24) is 15.1 Å². The van der Waals surface area contributed by atoms with Crippen molar-refractivity contribution in [3.63, 3.8) is 0 Å². The molecule has 7 nitrogen and oxygen atoms in total. The summed E-state index contributed by atoms with van der Waals surface area (Å²) in [6.45, 7) is 6.81. The van der Waals surface area contributed by atoms with Crippen LogP contribution in [0.4, 0.5) is 10.2 Å². The molecule has 0 radical (unpaired) electrons. The number of fused-ring (bicyclic) bond motifs is 1. The third-order valence-electron chi connectivity index (χ3n) is 5.71. The summed E-state index contributed by atoms with van der Waals surface area (Å²) >= 11 is 0. The molecule has 1 atom stereocenters. The smallest absolute Gasteiger partial charge is 0.163 e. The summed E-state index contributed by atoms with van der Waals surface area (Å²) in [7, 11) is 1.58. The zero-order chi connectivity index (χ0) is 22.0. The van der Waals surface area contributed by atoms with Gasteiger partial charge in [0.25, 0.3) is 0 Å². The Hall–Kier alpha value is -3.13. The molecule has 0 aliphatic carbocycles. The Balaban J connectivity index is 1.44. The van der Waals surface area contributed by atoms with E-state index in [1.807, 2.05) is 0 Å². The highest BCUT2D eigenvalue weighted by Crippen LogP contribution is 2.31. The molecule has 1 N–H and O–H groups in total. The summed E-state index contributed by atoms with van der Waals surface area (Å²) in [6.07, 6.45) is 0.701. The van der Waals surface area contributed by atoms with Crippen LogP contribution in [-0.4, -0.2) is 60.4 Å². The SMILES string of the molecule is CCC(Oc1ccc(C(C)=O)cc1OC)N1CCN(c2n[nH]c3cc(F)ccc23)CC1. The van der Waals surface area contributed by atoms with Gasteiger partial charge < -0.3 is 14.4 Å². The second-order valence-corrected chi connectivity index (χ2v) is 7.66. The molecule has 0 amide bonds. The maximum atomic E-state index is 13.5. The number of hydrogen-bond acceptors (Lipinski definition) is 6. The van der Waals surface area contributed by atoms with Gasteiger partial charge in [0.1, 0.15) is 5.82 Å². The van der Waals surface area contributed by atoms with Crippen LogP contribution < -0.4 is 14.4 Å². The number of benzene rings is 2. The summed E-state index contributed by atoms with van der Waals surface area (Å²) in [6, 6.07) is 9.97. The third-order valence-corrected chi connectivity index (χ3v) is 5.71. The number of ketones is 1. The fourth-order valence-electron chi connectivity index (χ4n) is 3.99. The summed E-state index contributed by atoms with van der Waals surface area (Å²) in [4.78, 5) is 16.1. The summed E-state index contributed by atoms with van der Waals surface area (Å²) in [5, 5.41) is 8.25. The van der Waals surface area contributed by atoms with Gasteiger partial charge in [-0.3, -0.25) is 14.8 Å². The molecule has 2 heterocycles. The van der Waals surface area contributed by atoms with Crippen LogP contribution in [0.1, 0.15) is 30.6 Å². The third kappa shape index (κ3) is 4.34. The van der Waals surface area contributed by atoms with Crippen molar-refractivity contribution >= 4 is 22.5 Å². The van der Waals surface area contributed by atoms with Crippen molar-refractivity contribution in [2.75, 3.05) is 38.2 Å². The van der Waals surface area contributed by atoms with E-state index in [-0.39, 0.29) is 17.8 Å². The number of rotatable bonds is 7. The van der Waals surface area contributed by atoms with Crippen LogP contribution in [0.2, 0.25) is 0 Å². The molecular weight excluding hydrogens is 399 g/mol. The average Bonchev–Trinajstić information content (AvgIpc) is 3.20. The Morgan fingerprint density at radius 2 is 1.94 bits per heavy atom. The van der Waals surface area contributed by atoms with Crippen LogP contribution in [0, 0.1) is 5.82 Å². The number of halogens is 1. The fourth-order valence-corrected chi connectivity index (χ4v) is 3.99. The standard InChI is InChI=1S/C23H27FN4O3/c1-4-22(31-20-8-5-16(15(2)29)13-21(20)30-3)27-9-11-28(12-10-27)23-18-7-6-17(24)14-19(18)25-26-23/h5-8,13-14,22H,4,9-12H2,1-3H3,(H,25,26). The number of aromatic nitrogens is 2. The molecule has 1 saturated heterocycles. The summed E-state index contributed by atoms with van der Waals surface area (Å²) < 4.78 is 25.2. The Kier molecular flexibility index (Phi) is 6.08.